The van der Waals surface area contributed by atoms with Gasteiger partial charge in [-0.15, -0.1) is 0 Å². The molecule has 1 aliphatic heterocycles. The second-order valence-corrected chi connectivity index (χ2v) is 10.3. The second kappa shape index (κ2) is 14.3. The molecule has 0 aliphatic carbocycles. The van der Waals surface area contributed by atoms with Crippen molar-refractivity contribution in [1.82, 2.24) is 21.1 Å². The monoisotopic (exact) mass is 557 g/mol. The molecule has 1 unspecified atom stereocenters. The van der Waals surface area contributed by atoms with Crippen molar-refractivity contribution in [2.45, 2.75) is 64.6 Å². The van der Waals surface area contributed by atoms with Gasteiger partial charge in [-0.1, -0.05) is 45.0 Å². The normalized spacial score (nSPS) is 18.1. The van der Waals surface area contributed by atoms with Crippen LogP contribution in [0.25, 0.3) is 0 Å². The van der Waals surface area contributed by atoms with Crippen LogP contribution in [-0.4, -0.2) is 53.1 Å². The van der Waals surface area contributed by atoms with Gasteiger partial charge in [0.1, 0.15) is 22.9 Å². The van der Waals surface area contributed by atoms with Gasteiger partial charge in [0.2, 0.25) is 5.91 Å². The molecule has 8 nitrogen and oxygen atoms in total. The van der Waals surface area contributed by atoms with E-state index in [0.29, 0.717) is 19.6 Å². The lowest BCUT2D eigenvalue weighted by atomic mass is 9.76. The number of carbonyl (C=O) groups is 2. The number of primary amides is 1. The van der Waals surface area contributed by atoms with Crippen molar-refractivity contribution >= 4 is 11.8 Å². The summed E-state index contributed by atoms with van der Waals surface area (Å²) in [6.45, 7) is 7.59. The number of aliphatic hydroxyl groups is 1. The molecule has 40 heavy (non-hydrogen) atoms. The van der Waals surface area contributed by atoms with Crippen molar-refractivity contribution in [3.05, 3.63) is 82.6 Å². The quantitative estimate of drug-likeness (QED) is 0.230. The number of hydrazine groups is 1. The number of nitrogens with one attached hydrogen (secondary N) is 3. The van der Waals surface area contributed by atoms with Crippen LogP contribution in [0.2, 0.25) is 0 Å². The predicted molar refractivity (Wildman–Crippen MR) is 151 cm³/mol. The third kappa shape index (κ3) is 7.65. The van der Waals surface area contributed by atoms with E-state index in [1.807, 2.05) is 32.0 Å². The second-order valence-electron chi connectivity index (χ2n) is 10.3. The van der Waals surface area contributed by atoms with Gasteiger partial charge < -0.3 is 26.5 Å². The van der Waals surface area contributed by atoms with E-state index in [1.165, 1.54) is 11.6 Å². The summed E-state index contributed by atoms with van der Waals surface area (Å²) in [6, 6.07) is 11.1. The number of hydrogen-bond donors (Lipinski definition) is 5. The van der Waals surface area contributed by atoms with E-state index < -0.39 is 35.1 Å². The molecule has 0 bridgehead atoms. The molecule has 0 radical (unpaired) electrons. The Bertz CT molecular complexity index is 1180. The van der Waals surface area contributed by atoms with Gasteiger partial charge in [-0.2, -0.15) is 0 Å². The molecule has 218 valence electrons. The predicted octanol–water partition coefficient (Wildman–Crippen LogP) is 2.70. The molecule has 1 aliphatic rings. The van der Waals surface area contributed by atoms with E-state index in [2.05, 4.69) is 29.2 Å². The number of aliphatic hydroxyl groups excluding tert-OH is 1. The van der Waals surface area contributed by atoms with Crippen molar-refractivity contribution in [2.24, 2.45) is 11.7 Å². The zero-order valence-electron chi connectivity index (χ0n) is 23.5. The highest BCUT2D eigenvalue weighted by atomic mass is 19.1. The lowest BCUT2D eigenvalue weighted by molar-refractivity contribution is -0.128. The standard InChI is InChI=1S/C30H41F2N5O3/c1-4-10-37(11-5-2)28(39)26-17-30(29(33)40,36-35-26)25(15-22-13-23(31)16-24(32)14-22)27(38)19-34-18-21-9-7-8-20(6-3)12-21/h7-9,12-14,16-17,25,27,34-36,38H,4-6,10-11,15,18-19H2,1-3H3,(H2,33,40)/t25-,27+,30?/m1/s1. The Morgan fingerprint density at radius 2 is 1.68 bits per heavy atom. The summed E-state index contributed by atoms with van der Waals surface area (Å²) >= 11 is 0. The highest BCUT2D eigenvalue weighted by molar-refractivity contribution is 5.97. The van der Waals surface area contributed by atoms with Crippen LogP contribution < -0.4 is 21.9 Å². The molecule has 2 amide bonds. The minimum atomic E-state index is -1.71. The van der Waals surface area contributed by atoms with E-state index in [1.54, 1.807) is 4.90 Å². The maximum atomic E-state index is 14.1. The van der Waals surface area contributed by atoms with E-state index in [9.17, 15) is 23.5 Å². The number of nitrogens with two attached hydrogens (primary N) is 1. The van der Waals surface area contributed by atoms with Crippen LogP contribution >= 0.6 is 0 Å². The van der Waals surface area contributed by atoms with Crippen LogP contribution in [-0.2, 0) is 29.0 Å². The van der Waals surface area contributed by atoms with Gasteiger partial charge in [-0.25, -0.2) is 14.2 Å². The summed E-state index contributed by atoms with van der Waals surface area (Å²) in [5, 5.41) is 14.6. The molecule has 6 N–H and O–H groups in total. The lowest BCUT2D eigenvalue weighted by Crippen LogP contribution is -2.63. The van der Waals surface area contributed by atoms with Gasteiger partial charge in [0.15, 0.2) is 0 Å². The van der Waals surface area contributed by atoms with E-state index in [4.69, 9.17) is 5.73 Å². The molecule has 3 atom stereocenters. The molecule has 0 fully saturated rings. The first-order valence-corrected chi connectivity index (χ1v) is 13.9. The largest absolute Gasteiger partial charge is 0.391 e. The number of carbonyl (C=O) groups excluding carboxylic acids is 2. The fraction of sp³-hybridized carbons (Fsp3) is 0.467. The number of hydrogen-bond acceptors (Lipinski definition) is 6. The molecule has 3 rings (SSSR count). The van der Waals surface area contributed by atoms with Crippen LogP contribution in [0.1, 0.15) is 50.3 Å². The SMILES string of the molecule is CCCN(CCC)C(=O)C1=CC(C(N)=O)([C@H](Cc2cc(F)cc(F)c2)[C@@H](O)CNCc2cccc(CC)c2)NN1. The summed E-state index contributed by atoms with van der Waals surface area (Å²) in [6.07, 6.45) is 2.54. The molecule has 0 spiro atoms. The molecule has 0 aromatic heterocycles. The maximum Gasteiger partial charge on any atom is 0.271 e. The Kier molecular flexibility index (Phi) is 11.2. The Morgan fingerprint density at radius 1 is 1.02 bits per heavy atom. The van der Waals surface area contributed by atoms with Crippen LogP contribution in [0.4, 0.5) is 8.78 Å². The number of benzene rings is 2. The number of nitrogens with zero attached hydrogens (tertiary/aromatic N) is 1. The van der Waals surface area contributed by atoms with Gasteiger partial charge >= 0.3 is 0 Å². The van der Waals surface area contributed by atoms with Crippen molar-refractivity contribution in [1.29, 1.82) is 0 Å². The summed E-state index contributed by atoms with van der Waals surface area (Å²) in [5.41, 5.74) is 12.4. The van der Waals surface area contributed by atoms with Crippen molar-refractivity contribution in [3.8, 4) is 0 Å². The van der Waals surface area contributed by atoms with Crippen LogP contribution in [0, 0.1) is 17.6 Å². The Balaban J connectivity index is 1.92. The summed E-state index contributed by atoms with van der Waals surface area (Å²) in [7, 11) is 0. The Hall–Kier alpha value is -3.34. The zero-order chi connectivity index (χ0) is 29.3. The fourth-order valence-electron chi connectivity index (χ4n) is 5.18. The highest BCUT2D eigenvalue weighted by Crippen LogP contribution is 2.31. The maximum absolute atomic E-state index is 14.1. The minimum Gasteiger partial charge on any atom is -0.391 e. The first-order chi connectivity index (χ1) is 19.1. The molecule has 2 aromatic carbocycles. The Labute approximate surface area is 235 Å². The van der Waals surface area contributed by atoms with Crippen LogP contribution in [0.3, 0.4) is 0 Å². The third-order valence-corrected chi connectivity index (χ3v) is 7.20. The van der Waals surface area contributed by atoms with Crippen molar-refractivity contribution < 1.29 is 23.5 Å². The van der Waals surface area contributed by atoms with Crippen molar-refractivity contribution in [2.75, 3.05) is 19.6 Å². The van der Waals surface area contributed by atoms with Crippen molar-refractivity contribution in [3.63, 3.8) is 0 Å². The third-order valence-electron chi connectivity index (χ3n) is 7.20. The van der Waals surface area contributed by atoms with Gasteiger partial charge in [-0.05, 0) is 60.6 Å². The number of aryl methyl sites for hydroxylation is 1. The average molecular weight is 558 g/mol. The first kappa shape index (κ1) is 31.2. The molecule has 0 saturated heterocycles. The van der Waals surface area contributed by atoms with Gasteiger partial charge in [-0.3, -0.25) is 9.59 Å². The van der Waals surface area contributed by atoms with Crippen LogP contribution in [0.5, 0.6) is 0 Å². The Morgan fingerprint density at radius 3 is 2.27 bits per heavy atom. The first-order valence-electron chi connectivity index (χ1n) is 13.9. The number of halogens is 2. The van der Waals surface area contributed by atoms with Gasteiger partial charge in [0.25, 0.3) is 5.91 Å². The minimum absolute atomic E-state index is 0.0600. The lowest BCUT2D eigenvalue weighted by Gasteiger charge is -2.36. The van der Waals surface area contributed by atoms with E-state index in [-0.39, 0.29) is 30.1 Å². The summed E-state index contributed by atoms with van der Waals surface area (Å²) in [5.74, 6) is -3.67. The number of rotatable bonds is 15. The van der Waals surface area contributed by atoms with Gasteiger partial charge in [0.05, 0.1) is 6.10 Å². The van der Waals surface area contributed by atoms with E-state index >= 15 is 0 Å². The van der Waals surface area contributed by atoms with Gasteiger partial charge in [0, 0.05) is 38.2 Å². The average Bonchev–Trinajstić information content (AvgIpc) is 3.37. The van der Waals surface area contributed by atoms with Crippen LogP contribution in [0.15, 0.2) is 54.2 Å². The summed E-state index contributed by atoms with van der Waals surface area (Å²) < 4.78 is 28.1. The highest BCUT2D eigenvalue weighted by Gasteiger charge is 2.50. The smallest absolute Gasteiger partial charge is 0.271 e. The molecular weight excluding hydrogens is 516 g/mol. The molecule has 1 heterocycles. The fourth-order valence-corrected chi connectivity index (χ4v) is 5.18. The molecule has 2 aromatic rings. The summed E-state index contributed by atoms with van der Waals surface area (Å²) in [4.78, 5) is 28.0. The molecular formula is C30H41F2N5O3. The number of amides is 2. The molecule has 10 heteroatoms. The zero-order valence-corrected chi connectivity index (χ0v) is 23.5. The molecule has 0 saturated carbocycles. The van der Waals surface area contributed by atoms with E-state index in [0.717, 1.165) is 43.0 Å². The topological polar surface area (TPSA) is 120 Å².